The zero-order valence-electron chi connectivity index (χ0n) is 11.1. The molecular formula is C13H17N3O2S. The van der Waals surface area contributed by atoms with Crippen LogP contribution in [-0.4, -0.2) is 55.0 Å². The van der Waals surface area contributed by atoms with Crippen molar-refractivity contribution in [3.05, 3.63) is 16.3 Å². The maximum absolute atomic E-state index is 12.3. The predicted octanol–water partition coefficient (Wildman–Crippen LogP) is 1.43. The van der Waals surface area contributed by atoms with Crippen molar-refractivity contribution in [2.75, 3.05) is 33.3 Å². The van der Waals surface area contributed by atoms with E-state index < -0.39 is 0 Å². The molecule has 1 aromatic rings. The molecule has 1 aromatic heterocycles. The van der Waals surface area contributed by atoms with Crippen LogP contribution in [0.1, 0.15) is 16.6 Å². The highest BCUT2D eigenvalue weighted by molar-refractivity contribution is 7.12. The van der Waals surface area contributed by atoms with Gasteiger partial charge in [-0.1, -0.05) is 0 Å². The molecule has 0 N–H and O–H groups in total. The predicted molar refractivity (Wildman–Crippen MR) is 73.4 cm³/mol. The number of carbonyl (C=O) groups excluding carboxylic acids is 1. The Kier molecular flexibility index (Phi) is 4.40. The number of methoxy groups -OCH3 is 1. The highest BCUT2D eigenvalue weighted by atomic mass is 32.1. The Labute approximate surface area is 117 Å². The molecule has 19 heavy (non-hydrogen) atoms. The number of amides is 1. The van der Waals surface area contributed by atoms with Gasteiger partial charge in [0, 0.05) is 37.6 Å². The fraction of sp³-hybridized carbons (Fsp3) is 0.538. The normalized spacial score (nSPS) is 17.8. The fourth-order valence-corrected chi connectivity index (χ4v) is 2.91. The number of carbonyl (C=O) groups is 1. The Morgan fingerprint density at radius 3 is 2.68 bits per heavy atom. The van der Waals surface area contributed by atoms with Crippen LogP contribution in [0.15, 0.2) is 11.4 Å². The first-order chi connectivity index (χ1) is 9.15. The van der Waals surface area contributed by atoms with E-state index in [2.05, 4.69) is 11.0 Å². The summed E-state index contributed by atoms with van der Waals surface area (Å²) in [5.41, 5.74) is 0. The Morgan fingerprint density at radius 1 is 1.47 bits per heavy atom. The van der Waals surface area contributed by atoms with E-state index in [9.17, 15) is 4.79 Å². The van der Waals surface area contributed by atoms with E-state index in [1.54, 1.807) is 13.2 Å². The minimum absolute atomic E-state index is 0.0533. The standard InChI is InChI=1S/C13H17N3O2S/c1-10(8-14)15-3-5-16(6-4-15)13(17)12-7-11(18-2)9-19-12/h7,9-10H,3-6H2,1-2H3. The number of piperazine rings is 1. The molecule has 1 amide bonds. The van der Waals surface area contributed by atoms with Crippen LogP contribution >= 0.6 is 11.3 Å². The van der Waals surface area contributed by atoms with E-state index in [0.717, 1.165) is 18.8 Å². The summed E-state index contributed by atoms with van der Waals surface area (Å²) in [6.45, 7) is 4.74. The molecule has 0 aliphatic carbocycles. The summed E-state index contributed by atoms with van der Waals surface area (Å²) in [5, 5.41) is 10.7. The number of hydrogen-bond acceptors (Lipinski definition) is 5. The van der Waals surface area contributed by atoms with Crippen molar-refractivity contribution in [3.63, 3.8) is 0 Å². The van der Waals surface area contributed by atoms with Crippen LogP contribution in [-0.2, 0) is 0 Å². The first kappa shape index (κ1) is 13.8. The van der Waals surface area contributed by atoms with Crippen LogP contribution in [0.5, 0.6) is 5.75 Å². The van der Waals surface area contributed by atoms with Gasteiger partial charge in [0.1, 0.15) is 5.75 Å². The lowest BCUT2D eigenvalue weighted by atomic mass is 10.2. The third kappa shape index (κ3) is 3.06. The summed E-state index contributed by atoms with van der Waals surface area (Å²) >= 11 is 1.41. The van der Waals surface area contributed by atoms with Crippen LogP contribution in [0.4, 0.5) is 0 Å². The molecule has 0 radical (unpaired) electrons. The second-order valence-corrected chi connectivity index (χ2v) is 5.40. The summed E-state index contributed by atoms with van der Waals surface area (Å²) in [6.07, 6.45) is 0. The summed E-state index contributed by atoms with van der Waals surface area (Å²) in [7, 11) is 1.60. The molecule has 102 valence electrons. The lowest BCUT2D eigenvalue weighted by molar-refractivity contribution is 0.0620. The van der Waals surface area contributed by atoms with E-state index in [1.165, 1.54) is 11.3 Å². The van der Waals surface area contributed by atoms with Crippen molar-refractivity contribution in [1.29, 1.82) is 5.26 Å². The minimum atomic E-state index is -0.0842. The first-order valence-corrected chi connectivity index (χ1v) is 7.09. The zero-order chi connectivity index (χ0) is 13.8. The number of ether oxygens (including phenoxy) is 1. The molecule has 2 rings (SSSR count). The number of nitriles is 1. The van der Waals surface area contributed by atoms with E-state index in [1.807, 2.05) is 17.2 Å². The summed E-state index contributed by atoms with van der Waals surface area (Å²) in [5.74, 6) is 0.780. The monoisotopic (exact) mass is 279 g/mol. The van der Waals surface area contributed by atoms with E-state index >= 15 is 0 Å². The first-order valence-electron chi connectivity index (χ1n) is 6.21. The van der Waals surface area contributed by atoms with Gasteiger partial charge in [-0.05, 0) is 6.92 Å². The molecule has 5 nitrogen and oxygen atoms in total. The van der Waals surface area contributed by atoms with Crippen molar-refractivity contribution in [1.82, 2.24) is 9.80 Å². The molecule has 1 aliphatic rings. The van der Waals surface area contributed by atoms with Crippen molar-refractivity contribution >= 4 is 17.2 Å². The van der Waals surface area contributed by atoms with Crippen molar-refractivity contribution in [2.24, 2.45) is 0 Å². The Bertz CT molecular complexity index is 486. The molecule has 1 unspecified atom stereocenters. The summed E-state index contributed by atoms with van der Waals surface area (Å²) in [4.78, 5) is 16.9. The van der Waals surface area contributed by atoms with Crippen LogP contribution in [0, 0.1) is 11.3 Å². The average molecular weight is 279 g/mol. The fourth-order valence-electron chi connectivity index (χ4n) is 2.09. The van der Waals surface area contributed by atoms with Crippen molar-refractivity contribution in [2.45, 2.75) is 13.0 Å². The van der Waals surface area contributed by atoms with Gasteiger partial charge in [0.25, 0.3) is 5.91 Å². The molecule has 2 heterocycles. The van der Waals surface area contributed by atoms with E-state index in [4.69, 9.17) is 10.00 Å². The topological polar surface area (TPSA) is 56.6 Å². The Hall–Kier alpha value is -1.58. The molecular weight excluding hydrogens is 262 g/mol. The average Bonchev–Trinajstić information content (AvgIpc) is 2.94. The molecule has 0 saturated carbocycles. The van der Waals surface area contributed by atoms with Gasteiger partial charge in [-0.2, -0.15) is 5.26 Å². The maximum atomic E-state index is 12.3. The van der Waals surface area contributed by atoms with Crippen molar-refractivity contribution < 1.29 is 9.53 Å². The second-order valence-electron chi connectivity index (χ2n) is 4.48. The number of hydrogen-bond donors (Lipinski definition) is 0. The van der Waals surface area contributed by atoms with Gasteiger partial charge >= 0.3 is 0 Å². The summed E-state index contributed by atoms with van der Waals surface area (Å²) in [6, 6.07) is 3.92. The molecule has 0 aromatic carbocycles. The number of nitrogens with zero attached hydrogens (tertiary/aromatic N) is 3. The van der Waals surface area contributed by atoms with Gasteiger partial charge in [-0.15, -0.1) is 11.3 Å². The molecule has 1 saturated heterocycles. The Morgan fingerprint density at radius 2 is 2.16 bits per heavy atom. The maximum Gasteiger partial charge on any atom is 0.264 e. The minimum Gasteiger partial charge on any atom is -0.496 e. The highest BCUT2D eigenvalue weighted by Crippen LogP contribution is 2.23. The van der Waals surface area contributed by atoms with Gasteiger partial charge in [0.2, 0.25) is 0 Å². The Balaban J connectivity index is 1.94. The quantitative estimate of drug-likeness (QED) is 0.840. The van der Waals surface area contributed by atoms with Crippen LogP contribution < -0.4 is 4.74 Å². The van der Waals surface area contributed by atoms with Gasteiger partial charge in [-0.3, -0.25) is 9.69 Å². The zero-order valence-corrected chi connectivity index (χ0v) is 11.9. The lowest BCUT2D eigenvalue weighted by Crippen LogP contribution is -2.50. The third-order valence-corrected chi connectivity index (χ3v) is 4.25. The molecule has 1 aliphatic heterocycles. The molecule has 1 atom stereocenters. The SMILES string of the molecule is COc1csc(C(=O)N2CCN(C(C)C#N)CC2)c1. The molecule has 0 bridgehead atoms. The molecule has 1 fully saturated rings. The molecule has 0 spiro atoms. The number of thiophene rings is 1. The second kappa shape index (κ2) is 6.04. The third-order valence-electron chi connectivity index (χ3n) is 3.36. The van der Waals surface area contributed by atoms with Crippen LogP contribution in [0.25, 0.3) is 0 Å². The number of rotatable bonds is 3. The summed E-state index contributed by atoms with van der Waals surface area (Å²) < 4.78 is 5.09. The van der Waals surface area contributed by atoms with Gasteiger partial charge in [0.05, 0.1) is 24.1 Å². The molecule has 6 heteroatoms. The largest absolute Gasteiger partial charge is 0.496 e. The van der Waals surface area contributed by atoms with Crippen LogP contribution in [0.2, 0.25) is 0 Å². The smallest absolute Gasteiger partial charge is 0.264 e. The van der Waals surface area contributed by atoms with Crippen molar-refractivity contribution in [3.8, 4) is 11.8 Å². The van der Waals surface area contributed by atoms with Gasteiger partial charge in [0.15, 0.2) is 0 Å². The van der Waals surface area contributed by atoms with E-state index in [-0.39, 0.29) is 11.9 Å². The van der Waals surface area contributed by atoms with Crippen LogP contribution in [0.3, 0.4) is 0 Å². The highest BCUT2D eigenvalue weighted by Gasteiger charge is 2.25. The van der Waals surface area contributed by atoms with E-state index in [0.29, 0.717) is 18.0 Å². The van der Waals surface area contributed by atoms with Gasteiger partial charge in [-0.25, -0.2) is 0 Å². The van der Waals surface area contributed by atoms with Gasteiger partial charge < -0.3 is 9.64 Å². The lowest BCUT2D eigenvalue weighted by Gasteiger charge is -2.35.